The van der Waals surface area contributed by atoms with Gasteiger partial charge >= 0.3 is 0 Å². The van der Waals surface area contributed by atoms with E-state index >= 15 is 0 Å². The molecule has 1 saturated heterocycles. The predicted molar refractivity (Wildman–Crippen MR) is 60.0 cm³/mol. The van der Waals surface area contributed by atoms with Gasteiger partial charge in [-0.05, 0) is 0 Å². The summed E-state index contributed by atoms with van der Waals surface area (Å²) in [6.45, 7) is 8.82. The van der Waals surface area contributed by atoms with E-state index in [2.05, 4.69) is 10.2 Å². The predicted octanol–water partition coefficient (Wildman–Crippen LogP) is -1.12. The summed E-state index contributed by atoms with van der Waals surface area (Å²) in [4.78, 5) is 2.41. The molecule has 15 heavy (non-hydrogen) atoms. The summed E-state index contributed by atoms with van der Waals surface area (Å²) in [7, 11) is 0. The highest BCUT2D eigenvalue weighted by atomic mass is 16.5. The van der Waals surface area contributed by atoms with Crippen LogP contribution in [-0.4, -0.2) is 70.6 Å². The lowest BCUT2D eigenvalue weighted by Crippen LogP contribution is -2.44. The molecule has 1 aliphatic rings. The molecule has 0 atom stereocenters. The van der Waals surface area contributed by atoms with E-state index < -0.39 is 0 Å². The summed E-state index contributed by atoms with van der Waals surface area (Å²) in [6, 6.07) is 0. The van der Waals surface area contributed by atoms with Crippen molar-refractivity contribution in [2.75, 3.05) is 65.7 Å². The first-order valence-corrected chi connectivity index (χ1v) is 5.72. The Kier molecular flexibility index (Phi) is 7.77. The monoisotopic (exact) mass is 217 g/mol. The molecule has 0 radical (unpaired) electrons. The van der Waals surface area contributed by atoms with Gasteiger partial charge in [0, 0.05) is 39.3 Å². The van der Waals surface area contributed by atoms with Crippen molar-refractivity contribution in [3.8, 4) is 0 Å². The van der Waals surface area contributed by atoms with Gasteiger partial charge < -0.3 is 20.5 Å². The van der Waals surface area contributed by atoms with E-state index in [-0.39, 0.29) is 0 Å². The molecular weight excluding hydrogens is 194 g/mol. The maximum atomic E-state index is 5.46. The van der Waals surface area contributed by atoms with Crippen molar-refractivity contribution in [1.29, 1.82) is 0 Å². The highest BCUT2D eigenvalue weighted by molar-refractivity contribution is 4.66. The van der Waals surface area contributed by atoms with Crippen LogP contribution in [0, 0.1) is 0 Å². The minimum Gasteiger partial charge on any atom is -0.378 e. The quantitative estimate of drug-likeness (QED) is 0.505. The fourth-order valence-corrected chi connectivity index (χ4v) is 1.53. The van der Waals surface area contributed by atoms with E-state index in [0.717, 1.165) is 39.3 Å². The highest BCUT2D eigenvalue weighted by Gasteiger charge is 2.07. The second-order valence-electron chi connectivity index (χ2n) is 3.61. The summed E-state index contributed by atoms with van der Waals surface area (Å²) in [5.41, 5.74) is 5.29. The van der Waals surface area contributed by atoms with Gasteiger partial charge in [-0.25, -0.2) is 0 Å². The Balaban J connectivity index is 1.79. The Bertz CT molecular complexity index is 141. The number of hydrogen-bond acceptors (Lipinski definition) is 5. The number of piperazine rings is 1. The number of hydrogen-bond donors (Lipinski definition) is 2. The van der Waals surface area contributed by atoms with Crippen molar-refractivity contribution < 1.29 is 9.47 Å². The first-order chi connectivity index (χ1) is 7.43. The van der Waals surface area contributed by atoms with E-state index in [1.807, 2.05) is 0 Å². The lowest BCUT2D eigenvalue weighted by molar-refractivity contribution is 0.0398. The maximum absolute atomic E-state index is 5.46. The molecule has 0 amide bonds. The Morgan fingerprint density at radius 1 is 1.00 bits per heavy atom. The van der Waals surface area contributed by atoms with Crippen molar-refractivity contribution >= 4 is 0 Å². The molecule has 0 saturated carbocycles. The Labute approximate surface area is 91.9 Å². The minimum absolute atomic E-state index is 0.584. The first-order valence-electron chi connectivity index (χ1n) is 5.72. The minimum atomic E-state index is 0.584. The fourth-order valence-electron chi connectivity index (χ4n) is 1.53. The third-order valence-electron chi connectivity index (χ3n) is 2.40. The van der Waals surface area contributed by atoms with Gasteiger partial charge in [0.05, 0.1) is 26.4 Å². The molecule has 0 aromatic carbocycles. The maximum Gasteiger partial charge on any atom is 0.0701 e. The molecule has 0 unspecified atom stereocenters. The number of rotatable bonds is 8. The highest BCUT2D eigenvalue weighted by Crippen LogP contribution is 1.91. The Hall–Kier alpha value is -0.200. The Morgan fingerprint density at radius 3 is 2.33 bits per heavy atom. The average Bonchev–Trinajstić information content (AvgIpc) is 2.29. The van der Waals surface area contributed by atoms with Crippen LogP contribution >= 0.6 is 0 Å². The molecule has 90 valence electrons. The number of nitrogens with one attached hydrogen (secondary N) is 1. The largest absolute Gasteiger partial charge is 0.378 e. The van der Waals surface area contributed by atoms with Gasteiger partial charge in [-0.3, -0.25) is 4.90 Å². The van der Waals surface area contributed by atoms with Crippen LogP contribution in [0.4, 0.5) is 0 Å². The molecule has 1 heterocycles. The van der Waals surface area contributed by atoms with Crippen molar-refractivity contribution in [1.82, 2.24) is 10.2 Å². The molecular formula is C10H23N3O2. The van der Waals surface area contributed by atoms with Crippen LogP contribution in [0.15, 0.2) is 0 Å². The van der Waals surface area contributed by atoms with E-state index in [1.165, 1.54) is 0 Å². The normalized spacial score (nSPS) is 18.2. The van der Waals surface area contributed by atoms with Crippen LogP contribution < -0.4 is 11.1 Å². The lowest BCUT2D eigenvalue weighted by atomic mass is 10.4. The van der Waals surface area contributed by atoms with Crippen LogP contribution in [0.25, 0.3) is 0 Å². The number of nitrogens with zero attached hydrogens (tertiary/aromatic N) is 1. The smallest absolute Gasteiger partial charge is 0.0701 e. The number of nitrogens with two attached hydrogens (primary N) is 1. The van der Waals surface area contributed by atoms with Gasteiger partial charge in [-0.2, -0.15) is 0 Å². The Morgan fingerprint density at radius 2 is 1.67 bits per heavy atom. The van der Waals surface area contributed by atoms with Gasteiger partial charge in [0.15, 0.2) is 0 Å². The first kappa shape index (κ1) is 12.9. The van der Waals surface area contributed by atoms with Crippen molar-refractivity contribution in [3.05, 3.63) is 0 Å². The topological polar surface area (TPSA) is 59.8 Å². The zero-order chi connectivity index (χ0) is 10.8. The molecule has 1 fully saturated rings. The molecule has 1 rings (SSSR count). The fraction of sp³-hybridized carbons (Fsp3) is 1.00. The molecule has 0 bridgehead atoms. The molecule has 1 aliphatic heterocycles. The van der Waals surface area contributed by atoms with Crippen LogP contribution in [0.5, 0.6) is 0 Å². The molecule has 5 nitrogen and oxygen atoms in total. The van der Waals surface area contributed by atoms with Gasteiger partial charge in [-0.15, -0.1) is 0 Å². The summed E-state index contributed by atoms with van der Waals surface area (Å²) in [5, 5.41) is 3.33. The van der Waals surface area contributed by atoms with E-state index in [4.69, 9.17) is 15.2 Å². The second-order valence-corrected chi connectivity index (χ2v) is 3.61. The van der Waals surface area contributed by atoms with E-state index in [0.29, 0.717) is 26.4 Å². The van der Waals surface area contributed by atoms with Crippen LogP contribution in [0.2, 0.25) is 0 Å². The third kappa shape index (κ3) is 6.81. The summed E-state index contributed by atoms with van der Waals surface area (Å²) in [5.74, 6) is 0. The van der Waals surface area contributed by atoms with Crippen molar-refractivity contribution in [3.63, 3.8) is 0 Å². The molecule has 5 heteroatoms. The van der Waals surface area contributed by atoms with Crippen LogP contribution in [0.3, 0.4) is 0 Å². The summed E-state index contributed by atoms with van der Waals surface area (Å²) in [6.07, 6.45) is 0. The standard InChI is InChI=1S/C10H23N3O2/c11-1-7-14-9-10-15-8-6-13-4-2-12-3-5-13/h12H,1-11H2. The molecule has 3 N–H and O–H groups in total. The van der Waals surface area contributed by atoms with Crippen LogP contribution in [0.1, 0.15) is 0 Å². The van der Waals surface area contributed by atoms with Crippen molar-refractivity contribution in [2.45, 2.75) is 0 Å². The number of ether oxygens (including phenoxy) is 2. The summed E-state index contributed by atoms with van der Waals surface area (Å²) >= 11 is 0. The van der Waals surface area contributed by atoms with Gasteiger partial charge in [-0.1, -0.05) is 0 Å². The van der Waals surface area contributed by atoms with Gasteiger partial charge in [0.1, 0.15) is 0 Å². The SMILES string of the molecule is NCCOCCOCCN1CCNCC1. The zero-order valence-corrected chi connectivity index (χ0v) is 9.41. The lowest BCUT2D eigenvalue weighted by Gasteiger charge is -2.26. The van der Waals surface area contributed by atoms with E-state index in [9.17, 15) is 0 Å². The third-order valence-corrected chi connectivity index (χ3v) is 2.40. The molecule has 0 aromatic rings. The van der Waals surface area contributed by atoms with Crippen molar-refractivity contribution in [2.24, 2.45) is 5.73 Å². The van der Waals surface area contributed by atoms with Gasteiger partial charge in [0.2, 0.25) is 0 Å². The molecule has 0 aromatic heterocycles. The summed E-state index contributed by atoms with van der Waals surface area (Å²) < 4.78 is 10.7. The molecule has 0 aliphatic carbocycles. The zero-order valence-electron chi connectivity index (χ0n) is 9.41. The molecule has 0 spiro atoms. The van der Waals surface area contributed by atoms with Crippen LogP contribution in [-0.2, 0) is 9.47 Å². The average molecular weight is 217 g/mol. The second kappa shape index (κ2) is 9.06. The van der Waals surface area contributed by atoms with E-state index in [1.54, 1.807) is 0 Å². The van der Waals surface area contributed by atoms with Gasteiger partial charge in [0.25, 0.3) is 0 Å².